The van der Waals surface area contributed by atoms with Gasteiger partial charge in [-0.2, -0.15) is 5.26 Å². The van der Waals surface area contributed by atoms with E-state index in [4.69, 9.17) is 11.0 Å². The Morgan fingerprint density at radius 1 is 1.38 bits per heavy atom. The van der Waals surface area contributed by atoms with Gasteiger partial charge in [0.25, 0.3) is 0 Å². The zero-order chi connectivity index (χ0) is 16.7. The van der Waals surface area contributed by atoms with E-state index in [1.54, 1.807) is 11.8 Å². The second-order valence-electron chi connectivity index (χ2n) is 5.72. The van der Waals surface area contributed by atoms with E-state index in [-0.39, 0.29) is 10.7 Å². The predicted molar refractivity (Wildman–Crippen MR) is 92.5 cm³/mol. The average molecular weight is 360 g/mol. The quantitative estimate of drug-likeness (QED) is 0.880. The number of nitriles is 1. The van der Waals surface area contributed by atoms with E-state index in [1.165, 1.54) is 23.7 Å². The Hall–Kier alpha value is -2.18. The Kier molecular flexibility index (Phi) is 3.66. The van der Waals surface area contributed by atoms with Crippen LogP contribution in [0.3, 0.4) is 0 Å². The number of nitrogens with zero attached hydrogens (tertiary/aromatic N) is 5. The molecule has 0 aliphatic carbocycles. The van der Waals surface area contributed by atoms with Crippen LogP contribution in [0.5, 0.6) is 0 Å². The van der Waals surface area contributed by atoms with Crippen LogP contribution in [-0.4, -0.2) is 34.8 Å². The van der Waals surface area contributed by atoms with Crippen molar-refractivity contribution < 1.29 is 4.39 Å². The van der Waals surface area contributed by atoms with Crippen molar-refractivity contribution in [2.24, 2.45) is 16.6 Å². The van der Waals surface area contributed by atoms with Gasteiger partial charge in [-0.05, 0) is 12.1 Å². The summed E-state index contributed by atoms with van der Waals surface area (Å²) in [4.78, 5) is 16.4. The first-order chi connectivity index (χ1) is 11.6. The summed E-state index contributed by atoms with van der Waals surface area (Å²) < 4.78 is 12.8. The largest absolute Gasteiger partial charge is 0.379 e. The van der Waals surface area contributed by atoms with Gasteiger partial charge in [0.15, 0.2) is 11.0 Å². The lowest BCUT2D eigenvalue weighted by Crippen LogP contribution is -2.38. The molecule has 0 saturated carbocycles. The summed E-state index contributed by atoms with van der Waals surface area (Å²) in [5.41, 5.74) is 6.01. The highest BCUT2D eigenvalue weighted by molar-refractivity contribution is 8.14. The highest BCUT2D eigenvalue weighted by atomic mass is 32.2. The van der Waals surface area contributed by atoms with Gasteiger partial charge in [-0.3, -0.25) is 4.99 Å². The molecule has 1 saturated heterocycles. The highest BCUT2D eigenvalue weighted by Crippen LogP contribution is 2.52. The molecule has 4 rings (SSSR count). The molecule has 6 nitrogen and oxygen atoms in total. The van der Waals surface area contributed by atoms with Gasteiger partial charge in [0.05, 0.1) is 17.1 Å². The normalized spacial score (nSPS) is 25.9. The first-order valence-electron chi connectivity index (χ1n) is 7.32. The van der Waals surface area contributed by atoms with Crippen LogP contribution < -0.4 is 10.6 Å². The third-order valence-corrected chi connectivity index (χ3v) is 6.98. The van der Waals surface area contributed by atoms with Gasteiger partial charge in [-0.15, -0.1) is 11.3 Å². The summed E-state index contributed by atoms with van der Waals surface area (Å²) in [6.45, 7) is 1.99. The maximum absolute atomic E-state index is 13.1. The number of amidine groups is 1. The SMILES string of the molecule is N#Cc1ccc([C@]23CN(c4ncc(F)cn4)C[C@@H]2CN=C(N)S3)s1. The second-order valence-corrected chi connectivity index (χ2v) is 8.16. The molecule has 0 aromatic carbocycles. The Bertz CT molecular complexity index is 842. The molecule has 1 fully saturated rings. The fourth-order valence-corrected chi connectivity index (χ4v) is 5.63. The predicted octanol–water partition coefficient (Wildman–Crippen LogP) is 1.94. The molecule has 0 bridgehead atoms. The molecule has 0 radical (unpaired) electrons. The highest BCUT2D eigenvalue weighted by Gasteiger charge is 2.52. The van der Waals surface area contributed by atoms with Gasteiger partial charge in [-0.1, -0.05) is 11.8 Å². The van der Waals surface area contributed by atoms with Crippen molar-refractivity contribution in [2.45, 2.75) is 4.75 Å². The lowest BCUT2D eigenvalue weighted by Gasteiger charge is -2.34. The monoisotopic (exact) mass is 360 g/mol. The van der Waals surface area contributed by atoms with Gasteiger partial charge < -0.3 is 10.6 Å². The standard InChI is InChI=1S/C15H13FN6S2/c16-10-5-20-14(21-6-10)22-7-9-4-19-13(18)24-15(9,8-22)12-2-1-11(3-17)23-12/h1-2,5-6,9H,4,7-8H2,(H2,18,19)/t9-,15-/m0/s1. The number of thioether (sulfide) groups is 1. The zero-order valence-electron chi connectivity index (χ0n) is 12.5. The lowest BCUT2D eigenvalue weighted by molar-refractivity contribution is 0.494. The summed E-state index contributed by atoms with van der Waals surface area (Å²) in [6.07, 6.45) is 2.35. The van der Waals surface area contributed by atoms with E-state index in [2.05, 4.69) is 21.0 Å². The van der Waals surface area contributed by atoms with E-state index < -0.39 is 5.82 Å². The topological polar surface area (TPSA) is 91.2 Å². The molecule has 9 heteroatoms. The third-order valence-electron chi connectivity index (χ3n) is 4.30. The number of hydrogen-bond acceptors (Lipinski definition) is 8. The number of thiophene rings is 1. The Balaban J connectivity index is 1.72. The van der Waals surface area contributed by atoms with Crippen molar-refractivity contribution in [3.05, 3.63) is 40.1 Å². The minimum Gasteiger partial charge on any atom is -0.379 e. The summed E-state index contributed by atoms with van der Waals surface area (Å²) in [7, 11) is 0. The Labute approximate surface area is 146 Å². The van der Waals surface area contributed by atoms with Crippen molar-refractivity contribution in [1.82, 2.24) is 9.97 Å². The Morgan fingerprint density at radius 2 is 2.17 bits per heavy atom. The molecular weight excluding hydrogens is 347 g/mol. The van der Waals surface area contributed by atoms with Crippen molar-refractivity contribution >= 4 is 34.2 Å². The molecule has 0 spiro atoms. The summed E-state index contributed by atoms with van der Waals surface area (Å²) >= 11 is 3.03. The van der Waals surface area contributed by atoms with Crippen LogP contribution in [0.1, 0.15) is 9.75 Å². The first kappa shape index (κ1) is 15.4. The number of aliphatic imine (C=N–C) groups is 1. The van der Waals surface area contributed by atoms with Gasteiger partial charge in [-0.25, -0.2) is 14.4 Å². The summed E-state index contributed by atoms with van der Waals surface area (Å²) in [5, 5.41) is 9.69. The molecule has 4 heterocycles. The number of aromatic nitrogens is 2. The Morgan fingerprint density at radius 3 is 2.88 bits per heavy atom. The third kappa shape index (κ3) is 2.42. The molecule has 2 aromatic heterocycles. The molecule has 2 aliphatic heterocycles. The molecule has 0 unspecified atom stereocenters. The van der Waals surface area contributed by atoms with Crippen LogP contribution in [0.25, 0.3) is 0 Å². The van der Waals surface area contributed by atoms with Crippen LogP contribution in [0.15, 0.2) is 29.5 Å². The molecule has 24 heavy (non-hydrogen) atoms. The first-order valence-corrected chi connectivity index (χ1v) is 8.96. The van der Waals surface area contributed by atoms with E-state index in [1.807, 2.05) is 17.0 Å². The number of nitrogens with two attached hydrogens (primary N) is 1. The average Bonchev–Trinajstić information content (AvgIpc) is 3.20. The van der Waals surface area contributed by atoms with Crippen LogP contribution in [0.2, 0.25) is 0 Å². The summed E-state index contributed by atoms with van der Waals surface area (Å²) in [5.74, 6) is 0.277. The maximum atomic E-state index is 13.1. The minimum absolute atomic E-state index is 0.230. The number of anilines is 1. The molecule has 122 valence electrons. The molecule has 2 N–H and O–H groups in total. The van der Waals surface area contributed by atoms with Crippen molar-refractivity contribution in [3.63, 3.8) is 0 Å². The van der Waals surface area contributed by atoms with Gasteiger partial charge >= 0.3 is 0 Å². The van der Waals surface area contributed by atoms with Gasteiger partial charge in [0, 0.05) is 30.4 Å². The smallest absolute Gasteiger partial charge is 0.225 e. The van der Waals surface area contributed by atoms with E-state index in [0.717, 1.165) is 11.4 Å². The van der Waals surface area contributed by atoms with Crippen molar-refractivity contribution in [2.75, 3.05) is 24.5 Å². The van der Waals surface area contributed by atoms with Crippen LogP contribution in [0, 0.1) is 23.1 Å². The van der Waals surface area contributed by atoms with E-state index >= 15 is 0 Å². The van der Waals surface area contributed by atoms with E-state index in [0.29, 0.717) is 29.1 Å². The number of rotatable bonds is 2. The molecular formula is C15H13FN6S2. The van der Waals surface area contributed by atoms with Crippen molar-refractivity contribution in [1.29, 1.82) is 5.26 Å². The molecule has 0 amide bonds. The van der Waals surface area contributed by atoms with Crippen molar-refractivity contribution in [3.8, 4) is 6.07 Å². The van der Waals surface area contributed by atoms with Crippen LogP contribution >= 0.6 is 23.1 Å². The number of hydrogen-bond donors (Lipinski definition) is 1. The van der Waals surface area contributed by atoms with Gasteiger partial charge in [0.1, 0.15) is 10.9 Å². The molecule has 2 atom stereocenters. The number of halogens is 1. The van der Waals surface area contributed by atoms with E-state index in [9.17, 15) is 4.39 Å². The van der Waals surface area contributed by atoms with Crippen LogP contribution in [0.4, 0.5) is 10.3 Å². The zero-order valence-corrected chi connectivity index (χ0v) is 14.1. The fourth-order valence-electron chi connectivity index (χ4n) is 3.21. The maximum Gasteiger partial charge on any atom is 0.225 e. The van der Waals surface area contributed by atoms with Gasteiger partial charge in [0.2, 0.25) is 5.95 Å². The van der Waals surface area contributed by atoms with Crippen LogP contribution in [-0.2, 0) is 4.75 Å². The second kappa shape index (κ2) is 5.72. The minimum atomic E-state index is -0.455. The lowest BCUT2D eigenvalue weighted by atomic mass is 9.93. The number of fused-ring (bicyclic) bond motifs is 1. The molecule has 2 aliphatic rings. The fraction of sp³-hybridized carbons (Fsp3) is 0.333. The summed E-state index contributed by atoms with van der Waals surface area (Å²) in [6, 6.07) is 6.03. The molecule has 2 aromatic rings.